The van der Waals surface area contributed by atoms with Crippen LogP contribution in [0.25, 0.3) is 0 Å². The van der Waals surface area contributed by atoms with Gasteiger partial charge in [-0.25, -0.2) is 0 Å². The molecule has 2 heterocycles. The van der Waals surface area contributed by atoms with E-state index in [1.54, 1.807) is 11.8 Å². The second-order valence-corrected chi connectivity index (χ2v) is 9.28. The molecule has 4 nitrogen and oxygen atoms in total. The van der Waals surface area contributed by atoms with Gasteiger partial charge in [0.1, 0.15) is 0 Å². The van der Waals surface area contributed by atoms with Crippen molar-refractivity contribution in [3.05, 3.63) is 52.5 Å². The maximum atomic E-state index is 12.7. The van der Waals surface area contributed by atoms with Crippen molar-refractivity contribution >= 4 is 40.7 Å². The van der Waals surface area contributed by atoms with Crippen molar-refractivity contribution in [1.29, 1.82) is 0 Å². The highest BCUT2D eigenvalue weighted by Gasteiger charge is 2.19. The number of rotatable bonds is 4. The SMILES string of the molecule is CC1=Nc2cc(C(=O)NCCN3CCCCC3C)ccc2Sc2ccc(Cl)cc21. The number of aliphatic imine (C=N–C) groups is 1. The van der Waals surface area contributed by atoms with E-state index in [2.05, 4.69) is 17.1 Å². The molecule has 0 bridgehead atoms. The van der Waals surface area contributed by atoms with Gasteiger partial charge in [-0.15, -0.1) is 0 Å². The molecule has 6 heteroatoms. The van der Waals surface area contributed by atoms with E-state index in [9.17, 15) is 4.79 Å². The van der Waals surface area contributed by atoms with Gasteiger partial charge in [-0.05, 0) is 69.6 Å². The van der Waals surface area contributed by atoms with Crippen molar-refractivity contribution in [2.45, 2.75) is 48.9 Å². The number of nitrogens with one attached hydrogen (secondary N) is 1. The molecule has 0 aromatic heterocycles. The van der Waals surface area contributed by atoms with E-state index < -0.39 is 0 Å². The van der Waals surface area contributed by atoms with E-state index in [1.807, 2.05) is 43.3 Å². The Labute approximate surface area is 181 Å². The van der Waals surface area contributed by atoms with Crippen LogP contribution in [0.5, 0.6) is 0 Å². The van der Waals surface area contributed by atoms with E-state index in [1.165, 1.54) is 19.3 Å². The summed E-state index contributed by atoms with van der Waals surface area (Å²) in [7, 11) is 0. The normalized spacial score (nSPS) is 19.0. The van der Waals surface area contributed by atoms with Crippen LogP contribution < -0.4 is 5.32 Å². The van der Waals surface area contributed by atoms with Crippen LogP contribution in [0.15, 0.2) is 51.2 Å². The molecule has 2 aliphatic heterocycles. The maximum absolute atomic E-state index is 12.7. The van der Waals surface area contributed by atoms with Gasteiger partial charge in [-0.3, -0.25) is 14.7 Å². The Hall–Kier alpha value is -1.82. The number of carbonyl (C=O) groups excluding carboxylic acids is 1. The van der Waals surface area contributed by atoms with E-state index in [0.717, 1.165) is 39.8 Å². The van der Waals surface area contributed by atoms with Gasteiger partial charge in [-0.2, -0.15) is 0 Å². The zero-order valence-electron chi connectivity index (χ0n) is 16.9. The summed E-state index contributed by atoms with van der Waals surface area (Å²) < 4.78 is 0. The molecule has 1 fully saturated rings. The van der Waals surface area contributed by atoms with Gasteiger partial charge in [-0.1, -0.05) is 29.8 Å². The van der Waals surface area contributed by atoms with Crippen LogP contribution in [-0.2, 0) is 0 Å². The Morgan fingerprint density at radius 2 is 2.07 bits per heavy atom. The summed E-state index contributed by atoms with van der Waals surface area (Å²) in [6.45, 7) is 6.96. The average Bonchev–Trinajstić information content (AvgIpc) is 2.84. The van der Waals surface area contributed by atoms with E-state index in [0.29, 0.717) is 23.2 Å². The first kappa shape index (κ1) is 20.5. The monoisotopic (exact) mass is 427 g/mol. The molecule has 29 heavy (non-hydrogen) atoms. The van der Waals surface area contributed by atoms with Gasteiger partial charge in [0, 0.05) is 50.8 Å². The van der Waals surface area contributed by atoms with Crippen molar-refractivity contribution < 1.29 is 4.79 Å². The first-order valence-corrected chi connectivity index (χ1v) is 11.4. The summed E-state index contributed by atoms with van der Waals surface area (Å²) in [6.07, 6.45) is 3.82. The molecule has 2 aromatic rings. The van der Waals surface area contributed by atoms with Crippen molar-refractivity contribution in [2.24, 2.45) is 4.99 Å². The van der Waals surface area contributed by atoms with Crippen molar-refractivity contribution in [3.63, 3.8) is 0 Å². The van der Waals surface area contributed by atoms with Crippen molar-refractivity contribution in [2.75, 3.05) is 19.6 Å². The minimum Gasteiger partial charge on any atom is -0.351 e. The van der Waals surface area contributed by atoms with Crippen LogP contribution in [0.3, 0.4) is 0 Å². The molecule has 1 unspecified atom stereocenters. The topological polar surface area (TPSA) is 44.7 Å². The summed E-state index contributed by atoms with van der Waals surface area (Å²) in [5.74, 6) is -0.0416. The number of piperidine rings is 1. The van der Waals surface area contributed by atoms with Gasteiger partial charge in [0.05, 0.1) is 5.69 Å². The van der Waals surface area contributed by atoms with Gasteiger partial charge < -0.3 is 5.32 Å². The smallest absolute Gasteiger partial charge is 0.251 e. The van der Waals surface area contributed by atoms with Crippen LogP contribution in [0.4, 0.5) is 5.69 Å². The lowest BCUT2D eigenvalue weighted by molar-refractivity contribution is 0.0938. The van der Waals surface area contributed by atoms with Gasteiger partial charge in [0.2, 0.25) is 0 Å². The second-order valence-electron chi connectivity index (χ2n) is 7.76. The predicted molar refractivity (Wildman–Crippen MR) is 121 cm³/mol. The number of likely N-dealkylation sites (tertiary alicyclic amines) is 1. The Morgan fingerprint density at radius 3 is 2.90 bits per heavy atom. The molecule has 1 saturated heterocycles. The molecule has 2 aromatic carbocycles. The summed E-state index contributed by atoms with van der Waals surface area (Å²) in [4.78, 5) is 22.1. The molecule has 1 N–H and O–H groups in total. The summed E-state index contributed by atoms with van der Waals surface area (Å²) in [5.41, 5.74) is 3.43. The number of hydrogen-bond acceptors (Lipinski definition) is 4. The number of carbonyl (C=O) groups is 1. The lowest BCUT2D eigenvalue weighted by Gasteiger charge is -2.33. The first-order valence-electron chi connectivity index (χ1n) is 10.2. The highest BCUT2D eigenvalue weighted by atomic mass is 35.5. The molecule has 2 aliphatic rings. The van der Waals surface area contributed by atoms with Gasteiger partial charge in [0.25, 0.3) is 5.91 Å². The number of halogens is 1. The summed E-state index contributed by atoms with van der Waals surface area (Å²) >= 11 is 7.83. The second kappa shape index (κ2) is 8.90. The highest BCUT2D eigenvalue weighted by molar-refractivity contribution is 7.99. The molecule has 4 rings (SSSR count). The Bertz CT molecular complexity index is 959. The third-order valence-electron chi connectivity index (χ3n) is 5.69. The number of amides is 1. The highest BCUT2D eigenvalue weighted by Crippen LogP contribution is 2.41. The number of hydrogen-bond donors (Lipinski definition) is 1. The molecule has 0 radical (unpaired) electrons. The van der Waals surface area contributed by atoms with Crippen LogP contribution in [-0.4, -0.2) is 42.2 Å². The molecule has 1 atom stereocenters. The van der Waals surface area contributed by atoms with Crippen molar-refractivity contribution in [1.82, 2.24) is 10.2 Å². The lowest BCUT2D eigenvalue weighted by Crippen LogP contribution is -2.42. The molecular weight excluding hydrogens is 402 g/mol. The van der Waals surface area contributed by atoms with Gasteiger partial charge >= 0.3 is 0 Å². The van der Waals surface area contributed by atoms with Crippen LogP contribution >= 0.6 is 23.4 Å². The zero-order chi connectivity index (χ0) is 20.4. The fraction of sp³-hybridized carbons (Fsp3) is 0.391. The van der Waals surface area contributed by atoms with E-state index in [4.69, 9.17) is 16.6 Å². The van der Waals surface area contributed by atoms with E-state index >= 15 is 0 Å². The number of nitrogens with zero attached hydrogens (tertiary/aromatic N) is 2. The molecule has 152 valence electrons. The molecule has 1 amide bonds. The number of benzene rings is 2. The van der Waals surface area contributed by atoms with Crippen LogP contribution in [0, 0.1) is 0 Å². The molecular formula is C23H26ClN3OS. The number of fused-ring (bicyclic) bond motifs is 2. The standard InChI is InChI=1S/C23H26ClN3OS/c1-15-5-3-4-11-27(15)12-10-25-23(28)17-6-8-22-20(13-17)26-16(2)19-14-18(24)7-9-21(19)29-22/h6-9,13-15H,3-5,10-12H2,1-2H3,(H,25,28). The summed E-state index contributed by atoms with van der Waals surface area (Å²) in [5, 5.41) is 3.77. The fourth-order valence-electron chi connectivity index (χ4n) is 3.97. The summed E-state index contributed by atoms with van der Waals surface area (Å²) in [6, 6.07) is 12.2. The Balaban J connectivity index is 1.46. The maximum Gasteiger partial charge on any atom is 0.251 e. The predicted octanol–water partition coefficient (Wildman–Crippen LogP) is 5.55. The molecule has 0 spiro atoms. The minimum atomic E-state index is -0.0416. The first-order chi connectivity index (χ1) is 14.0. The van der Waals surface area contributed by atoms with Crippen LogP contribution in [0.2, 0.25) is 5.02 Å². The van der Waals surface area contributed by atoms with Crippen molar-refractivity contribution in [3.8, 4) is 0 Å². The average molecular weight is 428 g/mol. The molecule has 0 aliphatic carbocycles. The van der Waals surface area contributed by atoms with E-state index in [-0.39, 0.29) is 5.91 Å². The zero-order valence-corrected chi connectivity index (χ0v) is 18.4. The van der Waals surface area contributed by atoms with Gasteiger partial charge in [0.15, 0.2) is 0 Å². The fourth-order valence-corrected chi connectivity index (χ4v) is 5.18. The lowest BCUT2D eigenvalue weighted by atomic mass is 10.0. The largest absolute Gasteiger partial charge is 0.351 e. The quantitative estimate of drug-likeness (QED) is 0.695. The Morgan fingerprint density at radius 1 is 1.24 bits per heavy atom. The molecule has 0 saturated carbocycles. The Kier molecular flexibility index (Phi) is 6.28. The minimum absolute atomic E-state index is 0.0416. The van der Waals surface area contributed by atoms with Crippen LogP contribution in [0.1, 0.15) is 49.0 Å². The third kappa shape index (κ3) is 4.68. The third-order valence-corrected chi connectivity index (χ3v) is 7.06.